The molecule has 0 radical (unpaired) electrons. The summed E-state index contributed by atoms with van der Waals surface area (Å²) in [6, 6.07) is 3.76. The molecule has 0 aromatic carbocycles. The van der Waals surface area contributed by atoms with Gasteiger partial charge in [-0.05, 0) is 30.9 Å². The first-order valence-electron chi connectivity index (χ1n) is 6.68. The summed E-state index contributed by atoms with van der Waals surface area (Å²) in [7, 11) is 0. The summed E-state index contributed by atoms with van der Waals surface area (Å²) in [4.78, 5) is 17.8. The molecule has 5 heteroatoms. The fourth-order valence-electron chi connectivity index (χ4n) is 2.13. The third kappa shape index (κ3) is 3.67. The van der Waals surface area contributed by atoms with E-state index < -0.39 is 6.10 Å². The average molecular weight is 263 g/mol. The van der Waals surface area contributed by atoms with Crippen LogP contribution in [0.15, 0.2) is 18.3 Å². The zero-order chi connectivity index (χ0) is 13.8. The molecule has 1 aromatic rings. The molecule has 1 aliphatic heterocycles. The van der Waals surface area contributed by atoms with Crippen LogP contribution in [0.2, 0.25) is 0 Å². The normalized spacial score (nSPS) is 23.2. The number of piperidine rings is 1. The standard InChI is InChI=1S/C14H21N3O2/c1-10-5-6-17(9-13(10)18)14(19)16-8-12-4-3-11(2)15-7-12/h3-4,7,10,13,18H,5-6,8-9H2,1-2H3,(H,16,19). The Labute approximate surface area is 113 Å². The van der Waals surface area contributed by atoms with E-state index >= 15 is 0 Å². The highest BCUT2D eigenvalue weighted by Crippen LogP contribution is 2.16. The van der Waals surface area contributed by atoms with Crippen molar-refractivity contribution < 1.29 is 9.90 Å². The number of likely N-dealkylation sites (tertiary alicyclic amines) is 1. The largest absolute Gasteiger partial charge is 0.391 e. The van der Waals surface area contributed by atoms with E-state index in [4.69, 9.17) is 0 Å². The molecule has 2 heterocycles. The highest BCUT2D eigenvalue weighted by molar-refractivity contribution is 5.74. The number of nitrogens with one attached hydrogen (secondary N) is 1. The monoisotopic (exact) mass is 263 g/mol. The van der Waals surface area contributed by atoms with Crippen molar-refractivity contribution in [3.63, 3.8) is 0 Å². The van der Waals surface area contributed by atoms with Crippen molar-refractivity contribution in [1.29, 1.82) is 0 Å². The molecule has 0 aliphatic carbocycles. The van der Waals surface area contributed by atoms with Gasteiger partial charge < -0.3 is 15.3 Å². The fraction of sp³-hybridized carbons (Fsp3) is 0.571. The molecule has 1 saturated heterocycles. The minimum absolute atomic E-state index is 0.119. The number of aromatic nitrogens is 1. The molecule has 0 bridgehead atoms. The van der Waals surface area contributed by atoms with Crippen LogP contribution in [-0.2, 0) is 6.54 Å². The summed E-state index contributed by atoms with van der Waals surface area (Å²) in [5.74, 6) is 0.269. The van der Waals surface area contributed by atoms with Crippen LogP contribution in [0.4, 0.5) is 4.79 Å². The van der Waals surface area contributed by atoms with E-state index in [9.17, 15) is 9.90 Å². The number of carbonyl (C=O) groups is 1. The number of hydrogen-bond donors (Lipinski definition) is 2. The number of rotatable bonds is 2. The molecule has 1 fully saturated rings. The molecular formula is C14H21N3O2. The van der Waals surface area contributed by atoms with Gasteiger partial charge in [-0.25, -0.2) is 4.79 Å². The van der Waals surface area contributed by atoms with E-state index in [1.807, 2.05) is 26.0 Å². The number of pyridine rings is 1. The molecule has 19 heavy (non-hydrogen) atoms. The Balaban J connectivity index is 1.83. The van der Waals surface area contributed by atoms with Crippen molar-refractivity contribution >= 4 is 6.03 Å². The fourth-order valence-corrected chi connectivity index (χ4v) is 2.13. The quantitative estimate of drug-likeness (QED) is 0.845. The van der Waals surface area contributed by atoms with E-state index in [1.165, 1.54) is 0 Å². The van der Waals surface area contributed by atoms with Gasteiger partial charge in [0.05, 0.1) is 6.10 Å². The van der Waals surface area contributed by atoms with Gasteiger partial charge in [0.2, 0.25) is 0 Å². The molecule has 104 valence electrons. The van der Waals surface area contributed by atoms with Crippen molar-refractivity contribution in [2.75, 3.05) is 13.1 Å². The number of nitrogens with zero attached hydrogens (tertiary/aromatic N) is 2. The molecular weight excluding hydrogens is 242 g/mol. The first kappa shape index (κ1) is 13.8. The molecule has 0 spiro atoms. The van der Waals surface area contributed by atoms with E-state index in [2.05, 4.69) is 10.3 Å². The average Bonchev–Trinajstić information content (AvgIpc) is 2.41. The highest BCUT2D eigenvalue weighted by atomic mass is 16.3. The van der Waals surface area contributed by atoms with Crippen LogP contribution in [0.3, 0.4) is 0 Å². The molecule has 1 aliphatic rings. The van der Waals surface area contributed by atoms with Gasteiger partial charge in [-0.3, -0.25) is 4.98 Å². The lowest BCUT2D eigenvalue weighted by Gasteiger charge is -2.34. The number of amides is 2. The van der Waals surface area contributed by atoms with Crippen molar-refractivity contribution in [1.82, 2.24) is 15.2 Å². The van der Waals surface area contributed by atoms with Crippen molar-refractivity contribution in [3.05, 3.63) is 29.6 Å². The lowest BCUT2D eigenvalue weighted by Crippen LogP contribution is -2.49. The van der Waals surface area contributed by atoms with E-state index in [1.54, 1.807) is 11.1 Å². The zero-order valence-corrected chi connectivity index (χ0v) is 11.5. The third-order valence-corrected chi connectivity index (χ3v) is 3.62. The summed E-state index contributed by atoms with van der Waals surface area (Å²) in [6.07, 6.45) is 2.20. The number of urea groups is 1. The van der Waals surface area contributed by atoms with Crippen LogP contribution >= 0.6 is 0 Å². The van der Waals surface area contributed by atoms with Gasteiger partial charge >= 0.3 is 6.03 Å². The summed E-state index contributed by atoms with van der Waals surface area (Å²) >= 11 is 0. The molecule has 0 saturated carbocycles. The van der Waals surface area contributed by atoms with Crippen LogP contribution < -0.4 is 5.32 Å². The van der Waals surface area contributed by atoms with Gasteiger partial charge in [0, 0.05) is 31.5 Å². The predicted octanol–water partition coefficient (Wildman–Crippen LogP) is 1.30. The Hall–Kier alpha value is -1.62. The number of aryl methyl sites for hydroxylation is 1. The Morgan fingerprint density at radius 2 is 2.37 bits per heavy atom. The van der Waals surface area contributed by atoms with Crippen LogP contribution in [0.25, 0.3) is 0 Å². The van der Waals surface area contributed by atoms with Gasteiger partial charge in [0.25, 0.3) is 0 Å². The first-order chi connectivity index (χ1) is 9.06. The molecule has 5 nitrogen and oxygen atoms in total. The molecule has 2 N–H and O–H groups in total. The molecule has 2 unspecified atom stereocenters. The minimum atomic E-state index is -0.416. The number of hydrogen-bond acceptors (Lipinski definition) is 3. The van der Waals surface area contributed by atoms with E-state index in [0.717, 1.165) is 17.7 Å². The van der Waals surface area contributed by atoms with Crippen LogP contribution in [0, 0.1) is 12.8 Å². The lowest BCUT2D eigenvalue weighted by molar-refractivity contribution is 0.0435. The Morgan fingerprint density at radius 1 is 1.58 bits per heavy atom. The van der Waals surface area contributed by atoms with Crippen molar-refractivity contribution in [2.45, 2.75) is 32.9 Å². The first-order valence-corrected chi connectivity index (χ1v) is 6.68. The SMILES string of the molecule is Cc1ccc(CNC(=O)N2CCC(C)C(O)C2)cn1. The van der Waals surface area contributed by atoms with Crippen LogP contribution in [0.5, 0.6) is 0 Å². The van der Waals surface area contributed by atoms with Crippen LogP contribution in [-0.4, -0.2) is 40.2 Å². The third-order valence-electron chi connectivity index (χ3n) is 3.62. The smallest absolute Gasteiger partial charge is 0.317 e. The second-order valence-corrected chi connectivity index (χ2v) is 5.25. The van der Waals surface area contributed by atoms with Crippen LogP contribution in [0.1, 0.15) is 24.6 Å². The predicted molar refractivity (Wildman–Crippen MR) is 72.6 cm³/mol. The minimum Gasteiger partial charge on any atom is -0.391 e. The van der Waals surface area contributed by atoms with Crippen molar-refractivity contribution in [3.8, 4) is 0 Å². The Bertz CT molecular complexity index is 433. The number of aliphatic hydroxyl groups is 1. The maximum Gasteiger partial charge on any atom is 0.317 e. The highest BCUT2D eigenvalue weighted by Gasteiger charge is 2.26. The topological polar surface area (TPSA) is 65.5 Å². The maximum absolute atomic E-state index is 12.0. The van der Waals surface area contributed by atoms with Gasteiger partial charge in [-0.15, -0.1) is 0 Å². The summed E-state index contributed by atoms with van der Waals surface area (Å²) in [6.45, 7) is 5.53. The van der Waals surface area contributed by atoms with Gasteiger partial charge in [0.15, 0.2) is 0 Å². The molecule has 2 rings (SSSR count). The molecule has 2 amide bonds. The summed E-state index contributed by atoms with van der Waals surface area (Å²) in [5, 5.41) is 12.6. The molecule has 2 atom stereocenters. The lowest BCUT2D eigenvalue weighted by atomic mass is 9.96. The second-order valence-electron chi connectivity index (χ2n) is 5.25. The second kappa shape index (κ2) is 6.02. The van der Waals surface area contributed by atoms with Crippen molar-refractivity contribution in [2.24, 2.45) is 5.92 Å². The Kier molecular flexibility index (Phi) is 4.37. The number of β-amino-alcohol motifs (C(OH)–C–C–N with tert-alkyl or cyclic N) is 1. The van der Waals surface area contributed by atoms with Gasteiger partial charge in [-0.2, -0.15) is 0 Å². The number of carbonyl (C=O) groups excluding carboxylic acids is 1. The maximum atomic E-state index is 12.0. The van der Waals surface area contributed by atoms with E-state index in [-0.39, 0.29) is 11.9 Å². The zero-order valence-electron chi connectivity index (χ0n) is 11.5. The van der Waals surface area contributed by atoms with Gasteiger partial charge in [0.1, 0.15) is 0 Å². The van der Waals surface area contributed by atoms with E-state index in [0.29, 0.717) is 19.6 Å². The molecule has 1 aromatic heterocycles. The summed E-state index contributed by atoms with van der Waals surface area (Å²) in [5.41, 5.74) is 1.94. The summed E-state index contributed by atoms with van der Waals surface area (Å²) < 4.78 is 0. The number of aliphatic hydroxyl groups excluding tert-OH is 1. The van der Waals surface area contributed by atoms with Gasteiger partial charge in [-0.1, -0.05) is 13.0 Å². The Morgan fingerprint density at radius 3 is 3.00 bits per heavy atom.